The van der Waals surface area contributed by atoms with Crippen molar-refractivity contribution in [3.8, 4) is 0 Å². The van der Waals surface area contributed by atoms with Crippen molar-refractivity contribution in [2.75, 3.05) is 0 Å². The molecule has 0 atom stereocenters. The van der Waals surface area contributed by atoms with Crippen LogP contribution in [0.3, 0.4) is 0 Å². The van der Waals surface area contributed by atoms with Gasteiger partial charge in [0.1, 0.15) is 0 Å². The van der Waals surface area contributed by atoms with E-state index in [4.69, 9.17) is 0 Å². The number of nitrogens with one attached hydrogen (secondary N) is 1. The van der Waals surface area contributed by atoms with E-state index >= 15 is 0 Å². The summed E-state index contributed by atoms with van der Waals surface area (Å²) < 4.78 is 0. The van der Waals surface area contributed by atoms with Crippen LogP contribution in [-0.4, -0.2) is 11.0 Å². The second kappa shape index (κ2) is 8.19. The Bertz CT molecular complexity index is 712. The van der Waals surface area contributed by atoms with E-state index in [9.17, 15) is 9.90 Å². The van der Waals surface area contributed by atoms with Crippen LogP contribution in [0.25, 0.3) is 0 Å². The lowest BCUT2D eigenvalue weighted by atomic mass is 9.74. The number of carbonyl (C=O) groups excluding carboxylic acids is 1. The molecule has 0 unspecified atom stereocenters. The number of rotatable bonds is 5. The summed E-state index contributed by atoms with van der Waals surface area (Å²) in [5.74, 6) is 0.578. The van der Waals surface area contributed by atoms with Crippen molar-refractivity contribution in [2.24, 2.45) is 5.41 Å². The van der Waals surface area contributed by atoms with Gasteiger partial charge in [0.05, 0.1) is 12.2 Å². The van der Waals surface area contributed by atoms with E-state index < -0.39 is 0 Å². The zero-order valence-electron chi connectivity index (χ0n) is 15.7. The second-order valence-electron chi connectivity index (χ2n) is 7.55. The van der Waals surface area contributed by atoms with Crippen LogP contribution in [0.4, 0.5) is 0 Å². The third kappa shape index (κ3) is 5.63. The molecule has 1 aliphatic carbocycles. The quantitative estimate of drug-likeness (QED) is 0.657. The molecule has 0 bridgehead atoms. The van der Waals surface area contributed by atoms with Gasteiger partial charge in [-0.3, -0.25) is 4.79 Å². The van der Waals surface area contributed by atoms with E-state index in [1.165, 1.54) is 0 Å². The van der Waals surface area contributed by atoms with Crippen molar-refractivity contribution in [3.63, 3.8) is 0 Å². The second-order valence-corrected chi connectivity index (χ2v) is 7.55. The Morgan fingerprint density at radius 1 is 1.24 bits per heavy atom. The molecule has 0 saturated carbocycles. The molecule has 1 heterocycles. The van der Waals surface area contributed by atoms with Gasteiger partial charge >= 0.3 is 0 Å². The van der Waals surface area contributed by atoms with Crippen molar-refractivity contribution in [3.05, 3.63) is 70.7 Å². The van der Waals surface area contributed by atoms with Crippen molar-refractivity contribution >= 4 is 5.91 Å². The highest BCUT2D eigenvalue weighted by Crippen LogP contribution is 2.40. The highest BCUT2D eigenvalue weighted by Gasteiger charge is 2.28. The molecule has 2 aliphatic rings. The van der Waals surface area contributed by atoms with E-state index in [-0.39, 0.29) is 11.3 Å². The van der Waals surface area contributed by atoms with Crippen molar-refractivity contribution in [1.82, 2.24) is 5.32 Å². The fraction of sp³-hybridized carbons (Fsp3) is 0.409. The molecule has 2 rings (SSSR count). The van der Waals surface area contributed by atoms with Gasteiger partial charge in [0.15, 0.2) is 0 Å². The molecule has 3 heteroatoms. The number of allylic oxidation sites excluding steroid dienone is 10. The monoisotopic (exact) mass is 339 g/mol. The van der Waals surface area contributed by atoms with Gasteiger partial charge in [-0.15, -0.1) is 0 Å². The van der Waals surface area contributed by atoms with Gasteiger partial charge < -0.3 is 10.4 Å². The fourth-order valence-electron chi connectivity index (χ4n) is 3.20. The predicted octanol–water partition coefficient (Wildman–Crippen LogP) is 5.42. The highest BCUT2D eigenvalue weighted by molar-refractivity contribution is 5.83. The van der Waals surface area contributed by atoms with E-state index in [1.807, 2.05) is 31.2 Å². The minimum Gasteiger partial charge on any atom is -0.512 e. The van der Waals surface area contributed by atoms with Crippen LogP contribution in [-0.2, 0) is 4.79 Å². The number of aliphatic hydroxyl groups is 1. The zero-order valence-corrected chi connectivity index (χ0v) is 15.7. The molecule has 0 spiro atoms. The molecular weight excluding hydrogens is 310 g/mol. The SMILES string of the molecule is CC(/C=C/C1=C(O)CCCC1(C)C)=C\C=C\C(C)=C\C1=CNC(=O)C1. The minimum absolute atomic E-state index is 0.0365. The van der Waals surface area contributed by atoms with Crippen molar-refractivity contribution < 1.29 is 9.90 Å². The Morgan fingerprint density at radius 3 is 2.64 bits per heavy atom. The van der Waals surface area contributed by atoms with Gasteiger partial charge in [0.2, 0.25) is 5.91 Å². The molecule has 134 valence electrons. The molecule has 1 amide bonds. The van der Waals surface area contributed by atoms with Gasteiger partial charge in [0, 0.05) is 12.6 Å². The first-order valence-electron chi connectivity index (χ1n) is 8.90. The summed E-state index contributed by atoms with van der Waals surface area (Å²) in [7, 11) is 0. The molecule has 0 aromatic heterocycles. The van der Waals surface area contributed by atoms with Crippen LogP contribution in [0, 0.1) is 5.41 Å². The first kappa shape index (κ1) is 19.0. The first-order valence-corrected chi connectivity index (χ1v) is 8.90. The predicted molar refractivity (Wildman–Crippen MR) is 104 cm³/mol. The summed E-state index contributed by atoms with van der Waals surface area (Å²) >= 11 is 0. The Labute approximate surface area is 151 Å². The van der Waals surface area contributed by atoms with Gasteiger partial charge in [-0.2, -0.15) is 0 Å². The first-order chi connectivity index (χ1) is 11.8. The summed E-state index contributed by atoms with van der Waals surface area (Å²) in [5, 5.41) is 12.9. The van der Waals surface area contributed by atoms with Crippen LogP contribution in [0.15, 0.2) is 70.7 Å². The largest absolute Gasteiger partial charge is 0.512 e. The molecule has 0 aromatic carbocycles. The highest BCUT2D eigenvalue weighted by atomic mass is 16.3. The van der Waals surface area contributed by atoms with Crippen LogP contribution in [0.5, 0.6) is 0 Å². The lowest BCUT2D eigenvalue weighted by Crippen LogP contribution is -2.19. The van der Waals surface area contributed by atoms with Crippen LogP contribution in [0.1, 0.15) is 53.4 Å². The van der Waals surface area contributed by atoms with Gasteiger partial charge in [-0.05, 0) is 43.3 Å². The zero-order chi connectivity index (χ0) is 18.4. The van der Waals surface area contributed by atoms with Crippen molar-refractivity contribution in [2.45, 2.75) is 53.4 Å². The molecule has 2 N–H and O–H groups in total. The van der Waals surface area contributed by atoms with E-state index in [1.54, 1.807) is 6.20 Å². The van der Waals surface area contributed by atoms with Gasteiger partial charge in [0.25, 0.3) is 0 Å². The van der Waals surface area contributed by atoms with E-state index in [0.29, 0.717) is 12.2 Å². The van der Waals surface area contributed by atoms with Crippen molar-refractivity contribution in [1.29, 1.82) is 0 Å². The normalized spacial score (nSPS) is 22.1. The van der Waals surface area contributed by atoms with Gasteiger partial charge in [-0.1, -0.05) is 61.4 Å². The summed E-state index contributed by atoms with van der Waals surface area (Å²) in [6.45, 7) is 8.45. The Hall–Kier alpha value is -2.29. The molecule has 0 radical (unpaired) electrons. The smallest absolute Gasteiger partial charge is 0.228 e. The maximum absolute atomic E-state index is 11.2. The maximum Gasteiger partial charge on any atom is 0.228 e. The van der Waals surface area contributed by atoms with Crippen LogP contribution >= 0.6 is 0 Å². The molecule has 3 nitrogen and oxygen atoms in total. The molecule has 0 saturated heterocycles. The molecule has 0 aromatic rings. The van der Waals surface area contributed by atoms with Gasteiger partial charge in [-0.25, -0.2) is 0 Å². The van der Waals surface area contributed by atoms with Crippen LogP contribution in [0.2, 0.25) is 0 Å². The maximum atomic E-state index is 11.2. The summed E-state index contributed by atoms with van der Waals surface area (Å²) in [6, 6.07) is 0. The summed E-state index contributed by atoms with van der Waals surface area (Å²) in [4.78, 5) is 11.2. The Kier molecular flexibility index (Phi) is 6.24. The average Bonchev–Trinajstić information content (AvgIpc) is 2.91. The van der Waals surface area contributed by atoms with Crippen LogP contribution < -0.4 is 5.32 Å². The molecule has 1 aliphatic heterocycles. The number of hydrogen-bond donors (Lipinski definition) is 2. The number of carbonyl (C=O) groups is 1. The van der Waals surface area contributed by atoms with E-state index in [2.05, 4.69) is 38.2 Å². The minimum atomic E-state index is 0.0365. The third-order valence-corrected chi connectivity index (χ3v) is 4.68. The summed E-state index contributed by atoms with van der Waals surface area (Å²) in [6.07, 6.45) is 17.4. The number of hydrogen-bond acceptors (Lipinski definition) is 2. The molecule has 25 heavy (non-hydrogen) atoms. The molecule has 0 fully saturated rings. The lowest BCUT2D eigenvalue weighted by molar-refractivity contribution is -0.118. The topological polar surface area (TPSA) is 49.3 Å². The summed E-state index contributed by atoms with van der Waals surface area (Å²) in [5.41, 5.74) is 4.33. The fourth-order valence-corrected chi connectivity index (χ4v) is 3.20. The van der Waals surface area contributed by atoms with E-state index in [0.717, 1.165) is 41.6 Å². The number of aliphatic hydroxyl groups excluding tert-OH is 1. The lowest BCUT2D eigenvalue weighted by Gasteiger charge is -2.31. The standard InChI is InChI=1S/C22H29NO2/c1-16(10-11-19-20(24)9-6-12-22(19,3)4)7-5-8-17(2)13-18-14-21(25)23-15-18/h5,7-8,10-11,13,15,24H,6,9,12,14H2,1-4H3,(H,23,25)/b8-5+,11-10+,16-7+,17-13+. The number of amides is 1. The Balaban J connectivity index is 1.99. The molecular formula is C22H29NO2. The third-order valence-electron chi connectivity index (χ3n) is 4.68. The Morgan fingerprint density at radius 2 is 2.00 bits per heavy atom. The average molecular weight is 339 g/mol.